The summed E-state index contributed by atoms with van der Waals surface area (Å²) in [4.78, 5) is 11.6. The van der Waals surface area contributed by atoms with Crippen molar-refractivity contribution < 1.29 is 9.18 Å². The van der Waals surface area contributed by atoms with E-state index in [0.29, 0.717) is 10.6 Å². The van der Waals surface area contributed by atoms with Crippen LogP contribution < -0.4 is 5.43 Å². The van der Waals surface area contributed by atoms with Gasteiger partial charge >= 0.3 is 0 Å². The summed E-state index contributed by atoms with van der Waals surface area (Å²) in [5.74, 6) is -0.596. The molecule has 0 saturated heterocycles. The smallest absolute Gasteiger partial charge is 0.244 e. The quantitative estimate of drug-likeness (QED) is 0.682. The van der Waals surface area contributed by atoms with Gasteiger partial charge in [-0.3, -0.25) is 4.79 Å². The molecule has 0 aromatic heterocycles. The highest BCUT2D eigenvalue weighted by Gasteiger charge is 2.01. The Labute approximate surface area is 121 Å². The van der Waals surface area contributed by atoms with Gasteiger partial charge in [-0.25, -0.2) is 9.82 Å². The SMILES string of the molecule is O=C(Cc1ccc(Cl)cc1)NN=Cc1cccc(F)c1. The molecule has 2 aromatic rings. The largest absolute Gasteiger partial charge is 0.273 e. The van der Waals surface area contributed by atoms with Crippen molar-refractivity contribution in [3.8, 4) is 0 Å². The average Bonchev–Trinajstić information content (AvgIpc) is 2.41. The third-order valence-corrected chi connectivity index (χ3v) is 2.78. The predicted molar refractivity (Wildman–Crippen MR) is 77.3 cm³/mol. The summed E-state index contributed by atoms with van der Waals surface area (Å²) in [7, 11) is 0. The second kappa shape index (κ2) is 6.82. The first kappa shape index (κ1) is 14.2. The molecule has 0 spiro atoms. The first-order valence-electron chi connectivity index (χ1n) is 5.95. The lowest BCUT2D eigenvalue weighted by Crippen LogP contribution is -2.19. The van der Waals surface area contributed by atoms with E-state index in [1.165, 1.54) is 18.3 Å². The van der Waals surface area contributed by atoms with Crippen LogP contribution in [0.25, 0.3) is 0 Å². The number of hydrazone groups is 1. The van der Waals surface area contributed by atoms with E-state index in [1.54, 1.807) is 36.4 Å². The van der Waals surface area contributed by atoms with Crippen molar-refractivity contribution in [3.63, 3.8) is 0 Å². The van der Waals surface area contributed by atoms with Gasteiger partial charge in [-0.15, -0.1) is 0 Å². The number of nitrogens with zero attached hydrogens (tertiary/aromatic N) is 1. The van der Waals surface area contributed by atoms with Crippen LogP contribution in [0.2, 0.25) is 5.02 Å². The molecule has 0 fully saturated rings. The van der Waals surface area contributed by atoms with E-state index in [1.807, 2.05) is 0 Å². The summed E-state index contributed by atoms with van der Waals surface area (Å²) < 4.78 is 12.9. The molecule has 20 heavy (non-hydrogen) atoms. The molecular weight excluding hydrogens is 279 g/mol. The molecule has 0 saturated carbocycles. The maximum absolute atomic E-state index is 12.9. The molecule has 1 amide bonds. The van der Waals surface area contributed by atoms with Crippen molar-refractivity contribution >= 4 is 23.7 Å². The van der Waals surface area contributed by atoms with E-state index in [-0.39, 0.29) is 18.1 Å². The summed E-state index contributed by atoms with van der Waals surface area (Å²) in [5.41, 5.74) is 3.81. The van der Waals surface area contributed by atoms with E-state index < -0.39 is 0 Å². The molecule has 1 N–H and O–H groups in total. The van der Waals surface area contributed by atoms with Crippen LogP contribution in [0, 0.1) is 5.82 Å². The molecule has 0 atom stereocenters. The number of hydrogen-bond acceptors (Lipinski definition) is 2. The lowest BCUT2D eigenvalue weighted by atomic mass is 10.1. The molecule has 0 radical (unpaired) electrons. The molecule has 0 aliphatic carbocycles. The van der Waals surface area contributed by atoms with Gasteiger partial charge in [0.05, 0.1) is 12.6 Å². The van der Waals surface area contributed by atoms with Gasteiger partial charge in [0.15, 0.2) is 0 Å². The third kappa shape index (κ3) is 4.48. The van der Waals surface area contributed by atoms with Gasteiger partial charge in [0.2, 0.25) is 5.91 Å². The lowest BCUT2D eigenvalue weighted by molar-refractivity contribution is -0.120. The number of hydrogen-bond donors (Lipinski definition) is 1. The molecule has 3 nitrogen and oxygen atoms in total. The van der Waals surface area contributed by atoms with Gasteiger partial charge in [-0.2, -0.15) is 5.10 Å². The van der Waals surface area contributed by atoms with Crippen molar-refractivity contribution in [1.82, 2.24) is 5.43 Å². The molecular formula is C15H12ClFN2O. The minimum absolute atomic E-state index is 0.206. The molecule has 2 rings (SSSR count). The molecule has 0 aliphatic heterocycles. The van der Waals surface area contributed by atoms with Gasteiger partial charge in [-0.05, 0) is 35.4 Å². The highest BCUT2D eigenvalue weighted by molar-refractivity contribution is 6.30. The van der Waals surface area contributed by atoms with Crippen molar-refractivity contribution in [3.05, 3.63) is 70.5 Å². The Morgan fingerprint density at radius 3 is 2.70 bits per heavy atom. The number of halogens is 2. The molecule has 2 aromatic carbocycles. The fraction of sp³-hybridized carbons (Fsp3) is 0.0667. The number of nitrogens with one attached hydrogen (secondary N) is 1. The Morgan fingerprint density at radius 1 is 1.25 bits per heavy atom. The summed E-state index contributed by atoms with van der Waals surface area (Å²) >= 11 is 5.76. The maximum Gasteiger partial charge on any atom is 0.244 e. The Balaban J connectivity index is 1.87. The van der Waals surface area contributed by atoms with Crippen LogP contribution in [0.3, 0.4) is 0 Å². The zero-order chi connectivity index (χ0) is 14.4. The van der Waals surface area contributed by atoms with Gasteiger partial charge in [0.1, 0.15) is 5.82 Å². The van der Waals surface area contributed by atoms with Crippen LogP contribution in [-0.4, -0.2) is 12.1 Å². The van der Waals surface area contributed by atoms with Crippen molar-refractivity contribution in [2.75, 3.05) is 0 Å². The fourth-order valence-corrected chi connectivity index (χ4v) is 1.72. The van der Waals surface area contributed by atoms with Gasteiger partial charge in [0, 0.05) is 5.02 Å². The molecule has 5 heteroatoms. The summed E-state index contributed by atoms with van der Waals surface area (Å²) in [6, 6.07) is 12.9. The van der Waals surface area contributed by atoms with E-state index in [4.69, 9.17) is 11.6 Å². The maximum atomic E-state index is 12.9. The van der Waals surface area contributed by atoms with Crippen LogP contribution in [0.1, 0.15) is 11.1 Å². The second-order valence-electron chi connectivity index (χ2n) is 4.15. The van der Waals surface area contributed by atoms with Crippen LogP contribution in [0.5, 0.6) is 0 Å². The highest BCUT2D eigenvalue weighted by atomic mass is 35.5. The normalized spacial score (nSPS) is 10.7. The second-order valence-corrected chi connectivity index (χ2v) is 4.59. The minimum atomic E-state index is -0.346. The summed E-state index contributed by atoms with van der Waals surface area (Å²) in [5, 5.41) is 4.40. The van der Waals surface area contributed by atoms with Crippen molar-refractivity contribution in [2.24, 2.45) is 5.10 Å². The Morgan fingerprint density at radius 2 is 2.00 bits per heavy atom. The number of benzene rings is 2. The van der Waals surface area contributed by atoms with Crippen molar-refractivity contribution in [2.45, 2.75) is 6.42 Å². The summed E-state index contributed by atoms with van der Waals surface area (Å²) in [6.45, 7) is 0. The molecule has 0 aliphatic rings. The monoisotopic (exact) mass is 290 g/mol. The molecule has 102 valence electrons. The number of carbonyl (C=O) groups excluding carboxylic acids is 1. The lowest BCUT2D eigenvalue weighted by Gasteiger charge is -2.00. The summed E-state index contributed by atoms with van der Waals surface area (Å²) in [6.07, 6.45) is 1.60. The van der Waals surface area contributed by atoms with Crippen LogP contribution in [0.4, 0.5) is 4.39 Å². The minimum Gasteiger partial charge on any atom is -0.273 e. The van der Waals surface area contributed by atoms with E-state index in [0.717, 1.165) is 5.56 Å². The first-order valence-corrected chi connectivity index (χ1v) is 6.33. The highest BCUT2D eigenvalue weighted by Crippen LogP contribution is 2.09. The van der Waals surface area contributed by atoms with Crippen LogP contribution in [-0.2, 0) is 11.2 Å². The first-order chi connectivity index (χ1) is 9.63. The average molecular weight is 291 g/mol. The van der Waals surface area contributed by atoms with E-state index in [2.05, 4.69) is 10.5 Å². The Hall–Kier alpha value is -2.20. The number of rotatable bonds is 4. The topological polar surface area (TPSA) is 41.5 Å². The molecule has 0 unspecified atom stereocenters. The molecule has 0 heterocycles. The van der Waals surface area contributed by atoms with Crippen molar-refractivity contribution in [1.29, 1.82) is 0 Å². The zero-order valence-corrected chi connectivity index (χ0v) is 11.3. The van der Waals surface area contributed by atoms with Gasteiger partial charge < -0.3 is 0 Å². The predicted octanol–water partition coefficient (Wildman–Crippen LogP) is 3.17. The number of carbonyl (C=O) groups is 1. The molecule has 0 bridgehead atoms. The van der Waals surface area contributed by atoms with E-state index >= 15 is 0 Å². The van der Waals surface area contributed by atoms with E-state index in [9.17, 15) is 9.18 Å². The Bertz CT molecular complexity index is 626. The zero-order valence-electron chi connectivity index (χ0n) is 10.5. The fourth-order valence-electron chi connectivity index (χ4n) is 1.59. The van der Waals surface area contributed by atoms with Crippen LogP contribution >= 0.6 is 11.6 Å². The number of amides is 1. The standard InChI is InChI=1S/C15H12ClFN2O/c16-13-6-4-11(5-7-13)9-15(20)19-18-10-12-2-1-3-14(17)8-12/h1-8,10H,9H2,(H,19,20). The van der Waals surface area contributed by atoms with Gasteiger partial charge in [-0.1, -0.05) is 35.9 Å². The van der Waals surface area contributed by atoms with Crippen LogP contribution in [0.15, 0.2) is 53.6 Å². The van der Waals surface area contributed by atoms with Gasteiger partial charge in [0.25, 0.3) is 0 Å². The Kier molecular flexibility index (Phi) is 4.85. The third-order valence-electron chi connectivity index (χ3n) is 2.53.